The van der Waals surface area contributed by atoms with E-state index in [1.54, 1.807) is 20.8 Å². The highest BCUT2D eigenvalue weighted by Gasteiger charge is 2.13. The van der Waals surface area contributed by atoms with E-state index in [-0.39, 0.29) is 0 Å². The van der Waals surface area contributed by atoms with Gasteiger partial charge in [-0.1, -0.05) is 0 Å². The molecule has 0 amide bonds. The monoisotopic (exact) mass is 166 g/mol. The van der Waals surface area contributed by atoms with Crippen LogP contribution in [0.2, 0.25) is 0 Å². The van der Waals surface area contributed by atoms with Crippen LogP contribution >= 0.6 is 0 Å². The van der Waals surface area contributed by atoms with Crippen LogP contribution in [-0.2, 0) is 9.78 Å². The van der Waals surface area contributed by atoms with Gasteiger partial charge in [0.2, 0.25) is 0 Å². The minimum Gasteiger partial charge on any atom is -0.448 e. The molecule has 0 aromatic carbocycles. The lowest BCUT2D eigenvalue weighted by molar-refractivity contribution is -0.309. The second-order valence-electron chi connectivity index (χ2n) is 2.54. The van der Waals surface area contributed by atoms with Gasteiger partial charge in [-0.2, -0.15) is 4.89 Å². The molecule has 0 fully saturated rings. The Bertz CT molecular complexity index is 110. The summed E-state index contributed by atoms with van der Waals surface area (Å²) in [5.74, 6) is 8.00. The molecule has 0 aromatic rings. The molecule has 0 aliphatic heterocycles. The van der Waals surface area contributed by atoms with E-state index in [2.05, 4.69) is 21.5 Å². The van der Waals surface area contributed by atoms with Crippen LogP contribution in [0.25, 0.3) is 0 Å². The lowest BCUT2D eigenvalue weighted by Crippen LogP contribution is -2.21. The van der Waals surface area contributed by atoms with Crippen molar-refractivity contribution in [3.05, 3.63) is 0 Å². The summed E-state index contributed by atoms with van der Waals surface area (Å²) in [6, 6.07) is 0. The molecule has 0 atom stereocenters. The molecular formula is C5H14N2O4. The molecule has 0 radical (unpaired) electrons. The van der Waals surface area contributed by atoms with E-state index >= 15 is 0 Å². The average molecular weight is 166 g/mol. The van der Waals surface area contributed by atoms with Crippen LogP contribution in [0.1, 0.15) is 20.8 Å². The first-order valence-corrected chi connectivity index (χ1v) is 2.84. The van der Waals surface area contributed by atoms with Crippen molar-refractivity contribution in [3.8, 4) is 0 Å². The molecule has 0 saturated heterocycles. The number of hydrogen-bond acceptors (Lipinski definition) is 5. The van der Waals surface area contributed by atoms with Crippen molar-refractivity contribution in [1.82, 2.24) is 0 Å². The molecule has 11 heavy (non-hydrogen) atoms. The molecule has 6 nitrogen and oxygen atoms in total. The zero-order chi connectivity index (χ0) is 9.49. The molecule has 0 rings (SSSR count). The Morgan fingerprint density at radius 2 is 1.73 bits per heavy atom. The highest BCUT2D eigenvalue weighted by atomic mass is 17.2. The smallest absolute Gasteiger partial charge is 0.448 e. The van der Waals surface area contributed by atoms with Gasteiger partial charge in [0.05, 0.1) is 0 Å². The van der Waals surface area contributed by atoms with E-state index < -0.39 is 11.8 Å². The predicted octanol–water partition coefficient (Wildman–Crippen LogP) is 0.230. The van der Waals surface area contributed by atoms with Crippen molar-refractivity contribution < 1.29 is 19.7 Å². The molecule has 68 valence electrons. The molecule has 0 bridgehead atoms. The van der Waals surface area contributed by atoms with Crippen molar-refractivity contribution in [2.75, 3.05) is 0 Å². The number of hydrazine groups is 1. The minimum atomic E-state index is -1.43. The van der Waals surface area contributed by atoms with Gasteiger partial charge in [-0.25, -0.2) is 4.79 Å². The maximum absolute atomic E-state index is 9.70. The van der Waals surface area contributed by atoms with Gasteiger partial charge >= 0.3 is 6.16 Å². The van der Waals surface area contributed by atoms with Crippen LogP contribution in [0.15, 0.2) is 0 Å². The molecule has 0 unspecified atom stereocenters. The average Bonchev–Trinajstić information content (AvgIpc) is 1.87. The fourth-order valence-electron chi connectivity index (χ4n) is 0.161. The molecule has 6 heteroatoms. The molecule has 0 aromatic heterocycles. The van der Waals surface area contributed by atoms with Gasteiger partial charge < -0.3 is 5.11 Å². The third-order valence-corrected chi connectivity index (χ3v) is 0.363. The first kappa shape index (κ1) is 12.8. The number of hydrogen-bond donors (Lipinski definition) is 3. The van der Waals surface area contributed by atoms with Crippen molar-refractivity contribution in [1.29, 1.82) is 0 Å². The van der Waals surface area contributed by atoms with Crippen LogP contribution in [0.3, 0.4) is 0 Å². The summed E-state index contributed by atoms with van der Waals surface area (Å²) in [4.78, 5) is 17.9. The lowest BCUT2D eigenvalue weighted by Gasteiger charge is -2.14. The summed E-state index contributed by atoms with van der Waals surface area (Å²) in [6.07, 6.45) is -1.43. The second kappa shape index (κ2) is 5.90. The van der Waals surface area contributed by atoms with Crippen molar-refractivity contribution >= 4 is 6.16 Å². The molecule has 0 aliphatic carbocycles. The molecule has 0 saturated carbocycles. The van der Waals surface area contributed by atoms with Gasteiger partial charge in [-0.05, 0) is 20.8 Å². The van der Waals surface area contributed by atoms with E-state index in [0.29, 0.717) is 0 Å². The van der Waals surface area contributed by atoms with Gasteiger partial charge in [0, 0.05) is 0 Å². The third-order valence-electron chi connectivity index (χ3n) is 0.363. The summed E-state index contributed by atoms with van der Waals surface area (Å²) < 4.78 is 0. The van der Waals surface area contributed by atoms with Gasteiger partial charge in [-0.3, -0.25) is 16.6 Å². The standard InChI is InChI=1S/C5H10O4.H4N2/c1-5(2,3)9-8-4(6)7;1-2/h1-3H3,(H,6,7);1-2H2. The highest BCUT2D eigenvalue weighted by molar-refractivity contribution is 5.55. The first-order chi connectivity index (χ1) is 4.92. The van der Waals surface area contributed by atoms with Crippen LogP contribution < -0.4 is 11.7 Å². The van der Waals surface area contributed by atoms with Crippen LogP contribution in [0.4, 0.5) is 4.79 Å². The highest BCUT2D eigenvalue weighted by Crippen LogP contribution is 2.06. The Labute approximate surface area is 65.0 Å². The molecule has 0 spiro atoms. The summed E-state index contributed by atoms with van der Waals surface area (Å²) in [7, 11) is 0. The molecular weight excluding hydrogens is 152 g/mol. The minimum absolute atomic E-state index is 0.571. The van der Waals surface area contributed by atoms with Gasteiger partial charge in [0.25, 0.3) is 0 Å². The summed E-state index contributed by atoms with van der Waals surface area (Å²) in [5, 5.41) is 7.93. The summed E-state index contributed by atoms with van der Waals surface area (Å²) in [5.41, 5.74) is -0.571. The Morgan fingerprint density at radius 3 is 1.82 bits per heavy atom. The fourth-order valence-corrected chi connectivity index (χ4v) is 0.161. The van der Waals surface area contributed by atoms with E-state index in [1.807, 2.05) is 0 Å². The lowest BCUT2D eigenvalue weighted by atomic mass is 10.2. The largest absolute Gasteiger partial charge is 0.537 e. The van der Waals surface area contributed by atoms with E-state index in [1.165, 1.54) is 0 Å². The Kier molecular flexibility index (Phi) is 6.86. The molecule has 0 aliphatic rings. The number of nitrogens with two attached hydrogens (primary N) is 2. The van der Waals surface area contributed by atoms with Gasteiger partial charge in [-0.15, -0.1) is 0 Å². The van der Waals surface area contributed by atoms with E-state index in [0.717, 1.165) is 0 Å². The summed E-state index contributed by atoms with van der Waals surface area (Å²) >= 11 is 0. The number of rotatable bonds is 1. The second-order valence-corrected chi connectivity index (χ2v) is 2.54. The topological polar surface area (TPSA) is 108 Å². The first-order valence-electron chi connectivity index (χ1n) is 2.84. The third kappa shape index (κ3) is 17.6. The maximum Gasteiger partial charge on any atom is 0.537 e. The van der Waals surface area contributed by atoms with Gasteiger partial charge in [0.1, 0.15) is 5.60 Å². The van der Waals surface area contributed by atoms with Crippen molar-refractivity contribution in [3.63, 3.8) is 0 Å². The summed E-state index contributed by atoms with van der Waals surface area (Å²) in [6.45, 7) is 5.07. The zero-order valence-corrected chi connectivity index (χ0v) is 6.83. The van der Waals surface area contributed by atoms with Crippen molar-refractivity contribution in [2.24, 2.45) is 11.7 Å². The van der Waals surface area contributed by atoms with Gasteiger partial charge in [0.15, 0.2) is 0 Å². The van der Waals surface area contributed by atoms with Crippen LogP contribution in [-0.4, -0.2) is 16.9 Å². The number of carbonyl (C=O) groups is 1. The molecule has 5 N–H and O–H groups in total. The Morgan fingerprint density at radius 1 is 1.36 bits per heavy atom. The Balaban J connectivity index is 0. The number of carboxylic acid groups (broad SMARTS) is 1. The SMILES string of the molecule is CC(C)(C)OOC(=O)O.NN. The van der Waals surface area contributed by atoms with Crippen LogP contribution in [0.5, 0.6) is 0 Å². The normalized spacial score (nSPS) is 9.55. The van der Waals surface area contributed by atoms with Crippen molar-refractivity contribution in [2.45, 2.75) is 26.4 Å². The fraction of sp³-hybridized carbons (Fsp3) is 0.800. The maximum atomic E-state index is 9.70. The van der Waals surface area contributed by atoms with E-state index in [4.69, 9.17) is 5.11 Å². The van der Waals surface area contributed by atoms with Crippen LogP contribution in [0, 0.1) is 0 Å². The van der Waals surface area contributed by atoms with E-state index in [9.17, 15) is 4.79 Å². The zero-order valence-electron chi connectivity index (χ0n) is 6.83. The molecule has 0 heterocycles. The predicted molar refractivity (Wildman–Crippen MR) is 38.3 cm³/mol. The quantitative estimate of drug-likeness (QED) is 0.292. The Hall–Kier alpha value is -0.850.